The summed E-state index contributed by atoms with van der Waals surface area (Å²) in [6.07, 6.45) is 6.05. The summed E-state index contributed by atoms with van der Waals surface area (Å²) in [5.74, 6) is 0.542. The predicted molar refractivity (Wildman–Crippen MR) is 126 cm³/mol. The summed E-state index contributed by atoms with van der Waals surface area (Å²) in [6.45, 7) is 3.88. The Bertz CT molecular complexity index is 881. The Kier molecular flexibility index (Phi) is 7.36. The van der Waals surface area contributed by atoms with E-state index in [2.05, 4.69) is 40.4 Å². The maximum Gasteiger partial charge on any atom is 0.258 e. The van der Waals surface area contributed by atoms with E-state index >= 15 is 0 Å². The molecule has 1 fully saturated rings. The molecule has 0 saturated carbocycles. The van der Waals surface area contributed by atoms with Crippen LogP contribution in [0.3, 0.4) is 0 Å². The molecular formula is C25H32ClN3O2. The highest BCUT2D eigenvalue weighted by Crippen LogP contribution is 2.31. The first-order chi connectivity index (χ1) is 15.1. The first-order valence-corrected chi connectivity index (χ1v) is 11.7. The van der Waals surface area contributed by atoms with E-state index in [0.29, 0.717) is 17.3 Å². The van der Waals surface area contributed by atoms with Crippen molar-refractivity contribution in [2.75, 3.05) is 44.7 Å². The number of rotatable bonds is 7. The zero-order valence-corrected chi connectivity index (χ0v) is 19.0. The molecule has 2 heterocycles. The van der Waals surface area contributed by atoms with Crippen LogP contribution in [0.2, 0.25) is 5.02 Å². The van der Waals surface area contributed by atoms with Crippen LogP contribution >= 0.6 is 11.6 Å². The van der Waals surface area contributed by atoms with Gasteiger partial charge in [0.1, 0.15) is 5.75 Å². The average Bonchev–Trinajstić information content (AvgIpc) is 2.80. The molecule has 2 aromatic carbocycles. The number of hydrogen-bond donors (Lipinski definition) is 1. The number of nitrogens with one attached hydrogen (secondary N) is 1. The van der Waals surface area contributed by atoms with Crippen molar-refractivity contribution in [3.05, 3.63) is 58.6 Å². The van der Waals surface area contributed by atoms with Crippen molar-refractivity contribution >= 4 is 23.2 Å². The predicted octanol–water partition coefficient (Wildman–Crippen LogP) is 4.44. The molecule has 1 saturated heterocycles. The molecule has 6 heteroatoms. The van der Waals surface area contributed by atoms with Gasteiger partial charge in [-0.2, -0.15) is 0 Å². The molecule has 1 N–H and O–H groups in total. The number of hydrogen-bond acceptors (Lipinski definition) is 4. The maximum absolute atomic E-state index is 12.5. The van der Waals surface area contributed by atoms with E-state index in [4.69, 9.17) is 16.3 Å². The summed E-state index contributed by atoms with van der Waals surface area (Å²) in [5, 5.41) is 3.76. The summed E-state index contributed by atoms with van der Waals surface area (Å²) in [7, 11) is 2.17. The second-order valence-electron chi connectivity index (χ2n) is 8.57. The monoisotopic (exact) mass is 441 g/mol. The second-order valence-corrected chi connectivity index (χ2v) is 9.01. The molecule has 0 radical (unpaired) electrons. The molecule has 0 unspecified atom stereocenters. The third-order valence-electron chi connectivity index (χ3n) is 6.35. The van der Waals surface area contributed by atoms with Crippen molar-refractivity contribution < 1.29 is 9.53 Å². The van der Waals surface area contributed by atoms with Crippen LogP contribution in [0.1, 0.15) is 42.9 Å². The summed E-state index contributed by atoms with van der Waals surface area (Å²) >= 11 is 5.90. The van der Waals surface area contributed by atoms with Crippen molar-refractivity contribution in [2.24, 2.45) is 0 Å². The lowest BCUT2D eigenvalue weighted by Crippen LogP contribution is -2.41. The van der Waals surface area contributed by atoms with Crippen molar-refractivity contribution in [1.29, 1.82) is 0 Å². The molecule has 0 aromatic heterocycles. The highest BCUT2D eigenvalue weighted by molar-refractivity contribution is 6.30. The molecule has 2 aliphatic rings. The zero-order chi connectivity index (χ0) is 21.6. The lowest BCUT2D eigenvalue weighted by Gasteiger charge is -2.36. The van der Waals surface area contributed by atoms with Crippen LogP contribution in [0.4, 0.5) is 5.69 Å². The number of anilines is 1. The van der Waals surface area contributed by atoms with Gasteiger partial charge in [-0.05, 0) is 80.2 Å². The number of carbonyl (C=O) groups excluding carboxylic acids is 1. The van der Waals surface area contributed by atoms with Gasteiger partial charge in [0.2, 0.25) is 0 Å². The summed E-state index contributed by atoms with van der Waals surface area (Å²) in [4.78, 5) is 17.4. The first-order valence-electron chi connectivity index (χ1n) is 11.3. The van der Waals surface area contributed by atoms with Gasteiger partial charge in [-0.3, -0.25) is 9.69 Å². The highest BCUT2D eigenvalue weighted by Gasteiger charge is 2.24. The second kappa shape index (κ2) is 10.4. The van der Waals surface area contributed by atoms with E-state index in [1.165, 1.54) is 42.5 Å². The number of nitrogens with zero attached hydrogens (tertiary/aromatic N) is 2. The van der Waals surface area contributed by atoms with E-state index in [-0.39, 0.29) is 18.6 Å². The number of ether oxygens (including phenoxy) is 1. The normalized spacial score (nSPS) is 17.7. The lowest BCUT2D eigenvalue weighted by atomic mass is 9.95. The van der Waals surface area contributed by atoms with Gasteiger partial charge in [0.05, 0.1) is 6.04 Å². The third kappa shape index (κ3) is 5.72. The van der Waals surface area contributed by atoms with Crippen LogP contribution in [-0.2, 0) is 11.2 Å². The van der Waals surface area contributed by atoms with Crippen molar-refractivity contribution in [3.63, 3.8) is 0 Å². The van der Waals surface area contributed by atoms with Crippen LogP contribution in [0, 0.1) is 0 Å². The van der Waals surface area contributed by atoms with E-state index < -0.39 is 0 Å². The van der Waals surface area contributed by atoms with E-state index in [1.807, 2.05) is 0 Å². The quantitative estimate of drug-likeness (QED) is 0.689. The van der Waals surface area contributed by atoms with E-state index in [1.54, 1.807) is 24.3 Å². The average molecular weight is 442 g/mol. The fourth-order valence-electron chi connectivity index (χ4n) is 4.64. The van der Waals surface area contributed by atoms with Crippen LogP contribution in [0.25, 0.3) is 0 Å². The number of carbonyl (C=O) groups is 1. The van der Waals surface area contributed by atoms with E-state index in [0.717, 1.165) is 26.1 Å². The Balaban J connectivity index is 1.42. The molecule has 31 heavy (non-hydrogen) atoms. The number of halogens is 1. The molecule has 0 spiro atoms. The van der Waals surface area contributed by atoms with Gasteiger partial charge in [-0.15, -0.1) is 0 Å². The summed E-state index contributed by atoms with van der Waals surface area (Å²) < 4.78 is 5.60. The van der Waals surface area contributed by atoms with Crippen LogP contribution in [-0.4, -0.2) is 50.6 Å². The SMILES string of the molecule is CN1CCCc2cc([C@@H](CNC(=O)COc3ccc(Cl)cc3)N3CCCCC3)ccc21. The number of likely N-dealkylation sites (tertiary alicyclic amines) is 1. The highest BCUT2D eigenvalue weighted by atomic mass is 35.5. The summed E-state index contributed by atoms with van der Waals surface area (Å²) in [5.41, 5.74) is 4.06. The first kappa shape index (κ1) is 22.0. The van der Waals surface area contributed by atoms with Crippen molar-refractivity contribution in [2.45, 2.75) is 38.1 Å². The third-order valence-corrected chi connectivity index (χ3v) is 6.60. The molecule has 4 rings (SSSR count). The van der Waals surface area contributed by atoms with Crippen LogP contribution in [0.5, 0.6) is 5.75 Å². The van der Waals surface area contributed by atoms with Crippen molar-refractivity contribution in [3.8, 4) is 5.75 Å². The fraction of sp³-hybridized carbons (Fsp3) is 0.480. The van der Waals surface area contributed by atoms with Crippen LogP contribution < -0.4 is 15.0 Å². The molecule has 1 amide bonds. The van der Waals surface area contributed by atoms with Gasteiger partial charge in [-0.1, -0.05) is 30.2 Å². The number of fused-ring (bicyclic) bond motifs is 1. The standard InChI is InChI=1S/C25H32ClN3O2/c1-28-13-5-6-19-16-20(7-12-23(19)28)24(29-14-3-2-4-15-29)17-27-25(30)18-31-22-10-8-21(26)9-11-22/h7-12,16,24H,2-6,13-15,17-18H2,1H3,(H,27,30)/t24-/m1/s1. The maximum atomic E-state index is 12.5. The Morgan fingerprint density at radius 3 is 2.61 bits per heavy atom. The minimum atomic E-state index is -0.102. The van der Waals surface area contributed by atoms with Crippen LogP contribution in [0.15, 0.2) is 42.5 Å². The van der Waals surface area contributed by atoms with Gasteiger partial charge in [0, 0.05) is 30.8 Å². The smallest absolute Gasteiger partial charge is 0.258 e. The van der Waals surface area contributed by atoms with E-state index in [9.17, 15) is 4.79 Å². The topological polar surface area (TPSA) is 44.8 Å². The fourth-order valence-corrected chi connectivity index (χ4v) is 4.77. The molecule has 1 atom stereocenters. The zero-order valence-electron chi connectivity index (χ0n) is 18.3. The molecule has 2 aromatic rings. The lowest BCUT2D eigenvalue weighted by molar-refractivity contribution is -0.123. The number of benzene rings is 2. The van der Waals surface area contributed by atoms with Crippen molar-refractivity contribution in [1.82, 2.24) is 10.2 Å². The van der Waals surface area contributed by atoms with Gasteiger partial charge < -0.3 is 15.0 Å². The molecular weight excluding hydrogens is 410 g/mol. The molecule has 0 bridgehead atoms. The van der Waals surface area contributed by atoms with Gasteiger partial charge in [-0.25, -0.2) is 0 Å². The van der Waals surface area contributed by atoms with Gasteiger partial charge in [0.15, 0.2) is 6.61 Å². The van der Waals surface area contributed by atoms with Gasteiger partial charge in [0.25, 0.3) is 5.91 Å². The Hall–Kier alpha value is -2.24. The Labute approximate surface area is 190 Å². The number of amides is 1. The Morgan fingerprint density at radius 1 is 1.06 bits per heavy atom. The van der Waals surface area contributed by atoms with Gasteiger partial charge >= 0.3 is 0 Å². The minimum Gasteiger partial charge on any atom is -0.484 e. The molecule has 2 aliphatic heterocycles. The summed E-state index contributed by atoms with van der Waals surface area (Å²) in [6, 6.07) is 14.1. The molecule has 0 aliphatic carbocycles. The minimum absolute atomic E-state index is 0.00331. The molecule has 166 valence electrons. The number of aryl methyl sites for hydroxylation is 1. The largest absolute Gasteiger partial charge is 0.484 e. The number of piperidine rings is 1. The molecule has 5 nitrogen and oxygen atoms in total. The Morgan fingerprint density at radius 2 is 1.84 bits per heavy atom.